The van der Waals surface area contributed by atoms with Gasteiger partial charge in [0.2, 0.25) is 15.9 Å². The summed E-state index contributed by atoms with van der Waals surface area (Å²) < 4.78 is 31.8. The molecule has 8 nitrogen and oxygen atoms in total. The van der Waals surface area contributed by atoms with E-state index >= 15 is 0 Å². The number of carbonyl (C=O) groups excluding carboxylic acids is 3. The molecule has 1 aromatic carbocycles. The van der Waals surface area contributed by atoms with Crippen LogP contribution in [0.3, 0.4) is 0 Å². The highest BCUT2D eigenvalue weighted by Gasteiger charge is 2.27. The van der Waals surface area contributed by atoms with Crippen LogP contribution in [-0.2, 0) is 29.1 Å². The number of hydrogen-bond acceptors (Lipinski definition) is 6. The number of aryl methyl sites for hydroxylation is 2. The number of nitrogens with zero attached hydrogens (tertiary/aromatic N) is 1. The van der Waals surface area contributed by atoms with Crippen LogP contribution in [0.5, 0.6) is 0 Å². The first-order valence-electron chi connectivity index (χ1n) is 8.26. The molecule has 1 heterocycles. The fourth-order valence-electron chi connectivity index (χ4n) is 2.57. The molecule has 0 bridgehead atoms. The molecule has 2 rings (SSSR count). The van der Waals surface area contributed by atoms with Crippen LogP contribution < -0.4 is 4.72 Å². The Morgan fingerprint density at radius 1 is 1.27 bits per heavy atom. The topological polar surface area (TPSA) is 110 Å². The van der Waals surface area contributed by atoms with Gasteiger partial charge in [0.05, 0.1) is 11.3 Å². The second-order valence-corrected chi connectivity index (χ2v) is 7.86. The number of rotatable bonds is 7. The van der Waals surface area contributed by atoms with Crippen molar-refractivity contribution in [1.82, 2.24) is 9.62 Å². The number of carbonyl (C=O) groups is 3. The minimum Gasteiger partial charge on any atom is -0.456 e. The highest BCUT2D eigenvalue weighted by Crippen LogP contribution is 2.16. The van der Waals surface area contributed by atoms with Crippen molar-refractivity contribution in [3.05, 3.63) is 29.3 Å². The predicted molar refractivity (Wildman–Crippen MR) is 92.6 cm³/mol. The van der Waals surface area contributed by atoms with Crippen molar-refractivity contribution in [3.8, 4) is 0 Å². The number of hydrogen-bond donors (Lipinski definition) is 1. The Morgan fingerprint density at radius 2 is 2.00 bits per heavy atom. The molecule has 1 aliphatic heterocycles. The molecule has 1 aliphatic rings. The third kappa shape index (κ3) is 5.12. The van der Waals surface area contributed by atoms with Crippen LogP contribution in [0.4, 0.5) is 0 Å². The molecule has 0 radical (unpaired) electrons. The van der Waals surface area contributed by atoms with Crippen LogP contribution in [0.1, 0.15) is 30.4 Å². The number of nitrogens with one attached hydrogen (secondary N) is 1. The van der Waals surface area contributed by atoms with Crippen LogP contribution in [0.15, 0.2) is 23.1 Å². The van der Waals surface area contributed by atoms with E-state index in [2.05, 4.69) is 4.72 Å². The maximum atomic E-state index is 12.3. The van der Waals surface area contributed by atoms with E-state index in [4.69, 9.17) is 4.74 Å². The predicted octanol–water partition coefficient (Wildman–Crippen LogP) is 0.664. The van der Waals surface area contributed by atoms with Crippen molar-refractivity contribution < 1.29 is 27.5 Å². The minimum atomic E-state index is -3.74. The molecule has 0 unspecified atom stereocenters. The molecular weight excluding hydrogens is 360 g/mol. The number of amides is 2. The number of ether oxygens (including phenoxy) is 1. The number of likely N-dealkylation sites (tertiary alicyclic amines) is 1. The number of benzene rings is 1. The molecule has 26 heavy (non-hydrogen) atoms. The van der Waals surface area contributed by atoms with Gasteiger partial charge in [-0.05, 0) is 37.5 Å². The minimum absolute atomic E-state index is 0.147. The Labute approximate surface area is 152 Å². The van der Waals surface area contributed by atoms with E-state index in [-0.39, 0.29) is 23.8 Å². The van der Waals surface area contributed by atoms with Gasteiger partial charge < -0.3 is 4.74 Å². The first-order chi connectivity index (χ1) is 12.2. The molecule has 1 N–H and O–H groups in total. The van der Waals surface area contributed by atoms with Crippen LogP contribution in [0.25, 0.3) is 0 Å². The smallest absolute Gasteiger partial charge is 0.307 e. The Morgan fingerprint density at radius 3 is 2.65 bits per heavy atom. The van der Waals surface area contributed by atoms with E-state index in [0.717, 1.165) is 10.5 Å². The lowest BCUT2D eigenvalue weighted by atomic mass is 10.2. The van der Waals surface area contributed by atoms with Gasteiger partial charge in [0, 0.05) is 19.5 Å². The average molecular weight is 382 g/mol. The molecule has 2 amide bonds. The fraction of sp³-hybridized carbons (Fsp3) is 0.471. The molecule has 1 saturated heterocycles. The van der Waals surface area contributed by atoms with E-state index in [0.29, 0.717) is 24.9 Å². The van der Waals surface area contributed by atoms with Crippen molar-refractivity contribution in [3.63, 3.8) is 0 Å². The molecular formula is C17H22N2O6S. The monoisotopic (exact) mass is 382 g/mol. The normalized spacial score (nSPS) is 14.5. The molecule has 0 aromatic heterocycles. The summed E-state index contributed by atoms with van der Waals surface area (Å²) in [5.41, 5.74) is 1.41. The van der Waals surface area contributed by atoms with Gasteiger partial charge in [0.25, 0.3) is 5.91 Å². The molecule has 0 spiro atoms. The number of sulfonamides is 1. The van der Waals surface area contributed by atoms with Crippen LogP contribution in [-0.4, -0.2) is 50.8 Å². The van der Waals surface area contributed by atoms with Gasteiger partial charge in [-0.25, -0.2) is 13.1 Å². The van der Waals surface area contributed by atoms with Gasteiger partial charge in [0.15, 0.2) is 6.61 Å². The van der Waals surface area contributed by atoms with Crippen molar-refractivity contribution >= 4 is 27.8 Å². The van der Waals surface area contributed by atoms with E-state index in [1.54, 1.807) is 26.0 Å². The standard InChI is InChI=1S/C17H22N2O6S/c1-12-5-6-13(2)14(10-12)26(23,24)18-8-7-17(22)25-11-16(21)19-9-3-4-15(19)20/h5-6,10,18H,3-4,7-9,11H2,1-2H3. The first-order valence-corrected chi connectivity index (χ1v) is 9.75. The lowest BCUT2D eigenvalue weighted by Gasteiger charge is -2.13. The van der Waals surface area contributed by atoms with E-state index in [1.807, 2.05) is 6.07 Å². The number of imide groups is 1. The maximum Gasteiger partial charge on any atom is 0.307 e. The maximum absolute atomic E-state index is 12.3. The summed E-state index contributed by atoms with van der Waals surface area (Å²) in [5, 5.41) is 0. The van der Waals surface area contributed by atoms with Crippen molar-refractivity contribution in [2.75, 3.05) is 19.7 Å². The van der Waals surface area contributed by atoms with Gasteiger partial charge in [-0.1, -0.05) is 12.1 Å². The highest BCUT2D eigenvalue weighted by atomic mass is 32.2. The Bertz CT molecular complexity index is 819. The lowest BCUT2D eigenvalue weighted by molar-refractivity contribution is -0.154. The summed E-state index contributed by atoms with van der Waals surface area (Å²) in [6.07, 6.45) is 0.712. The van der Waals surface area contributed by atoms with Gasteiger partial charge in [-0.2, -0.15) is 0 Å². The molecule has 0 atom stereocenters. The van der Waals surface area contributed by atoms with Crippen molar-refractivity contribution in [2.45, 2.75) is 38.0 Å². The average Bonchev–Trinajstić information content (AvgIpc) is 3.00. The number of esters is 1. The largest absolute Gasteiger partial charge is 0.456 e. The SMILES string of the molecule is Cc1ccc(C)c(S(=O)(=O)NCCC(=O)OCC(=O)N2CCCC2=O)c1. The molecule has 0 saturated carbocycles. The first kappa shape index (κ1) is 20.1. The molecule has 9 heteroatoms. The van der Waals surface area contributed by atoms with E-state index in [9.17, 15) is 22.8 Å². The summed E-state index contributed by atoms with van der Waals surface area (Å²) in [5.74, 6) is -1.54. The van der Waals surface area contributed by atoms with Gasteiger partial charge >= 0.3 is 5.97 Å². The molecule has 1 fully saturated rings. The lowest BCUT2D eigenvalue weighted by Crippen LogP contribution is -2.35. The quantitative estimate of drug-likeness (QED) is 0.694. The summed E-state index contributed by atoms with van der Waals surface area (Å²) in [6.45, 7) is 3.15. The summed E-state index contributed by atoms with van der Waals surface area (Å²) in [4.78, 5) is 36.1. The summed E-state index contributed by atoms with van der Waals surface area (Å²) in [7, 11) is -3.74. The second kappa shape index (κ2) is 8.41. The zero-order valence-corrected chi connectivity index (χ0v) is 15.6. The van der Waals surface area contributed by atoms with Crippen molar-refractivity contribution in [2.24, 2.45) is 0 Å². The second-order valence-electron chi connectivity index (χ2n) is 6.12. The summed E-state index contributed by atoms with van der Waals surface area (Å²) in [6, 6.07) is 5.08. The molecule has 0 aliphatic carbocycles. The van der Waals surface area contributed by atoms with Gasteiger partial charge in [-0.3, -0.25) is 19.3 Å². The Balaban J connectivity index is 1.79. The molecule has 142 valence electrons. The molecule has 1 aromatic rings. The van der Waals surface area contributed by atoms with Gasteiger partial charge in [0.1, 0.15) is 0 Å². The van der Waals surface area contributed by atoms with Crippen LogP contribution in [0, 0.1) is 13.8 Å². The van der Waals surface area contributed by atoms with Gasteiger partial charge in [-0.15, -0.1) is 0 Å². The fourth-order valence-corrected chi connectivity index (χ4v) is 3.93. The zero-order chi connectivity index (χ0) is 19.3. The van der Waals surface area contributed by atoms with Crippen LogP contribution in [0.2, 0.25) is 0 Å². The zero-order valence-electron chi connectivity index (χ0n) is 14.8. The third-order valence-electron chi connectivity index (χ3n) is 3.99. The highest BCUT2D eigenvalue weighted by molar-refractivity contribution is 7.89. The summed E-state index contributed by atoms with van der Waals surface area (Å²) >= 11 is 0. The third-order valence-corrected chi connectivity index (χ3v) is 5.59. The van der Waals surface area contributed by atoms with Crippen molar-refractivity contribution in [1.29, 1.82) is 0 Å². The van der Waals surface area contributed by atoms with E-state index in [1.165, 1.54) is 0 Å². The van der Waals surface area contributed by atoms with Crippen LogP contribution >= 0.6 is 0 Å². The Kier molecular flexibility index (Phi) is 6.49. The van der Waals surface area contributed by atoms with E-state index < -0.39 is 28.5 Å². The Hall–Kier alpha value is -2.26.